The molecule has 0 aromatic rings. The second kappa shape index (κ2) is 6.77. The summed E-state index contributed by atoms with van der Waals surface area (Å²) in [6, 6.07) is -0.415. The molecule has 0 aromatic carbocycles. The van der Waals surface area contributed by atoms with E-state index in [1.54, 1.807) is 0 Å². The van der Waals surface area contributed by atoms with Gasteiger partial charge in [-0.05, 0) is 12.8 Å². The first-order valence-electron chi connectivity index (χ1n) is 6.27. The van der Waals surface area contributed by atoms with E-state index in [4.69, 9.17) is 0 Å². The van der Waals surface area contributed by atoms with Gasteiger partial charge in [0.1, 0.15) is 0 Å². The number of methoxy groups -OCH3 is 1. The second-order valence-corrected chi connectivity index (χ2v) is 4.70. The lowest BCUT2D eigenvalue weighted by Crippen LogP contribution is -2.45. The third-order valence-electron chi connectivity index (χ3n) is 3.25. The van der Waals surface area contributed by atoms with Crippen LogP contribution in [-0.4, -0.2) is 31.2 Å². The number of halogens is 3. The van der Waals surface area contributed by atoms with E-state index >= 15 is 0 Å². The molecule has 0 spiro atoms. The van der Waals surface area contributed by atoms with Crippen molar-refractivity contribution in [3.63, 3.8) is 0 Å². The van der Waals surface area contributed by atoms with Gasteiger partial charge in [-0.3, -0.25) is 9.59 Å². The molecule has 0 radical (unpaired) electrons. The van der Waals surface area contributed by atoms with Crippen LogP contribution in [0.2, 0.25) is 0 Å². The first-order valence-corrected chi connectivity index (χ1v) is 6.27. The predicted octanol–water partition coefficient (Wildman–Crippen LogP) is 2.18. The van der Waals surface area contributed by atoms with E-state index in [1.165, 1.54) is 7.11 Å². The molecule has 1 aliphatic carbocycles. The van der Waals surface area contributed by atoms with Gasteiger partial charge in [0.25, 0.3) is 0 Å². The third kappa shape index (κ3) is 5.48. The molecule has 1 aliphatic rings. The normalized spacial score (nSPS) is 23.8. The lowest BCUT2D eigenvalue weighted by atomic mass is 9.84. The summed E-state index contributed by atoms with van der Waals surface area (Å²) in [5.41, 5.74) is 0. The predicted molar refractivity (Wildman–Crippen MR) is 61.2 cm³/mol. The fraction of sp³-hybridized carbons (Fsp3) is 0.833. The Hall–Kier alpha value is -1.27. The van der Waals surface area contributed by atoms with Gasteiger partial charge in [-0.25, -0.2) is 0 Å². The van der Waals surface area contributed by atoms with Crippen molar-refractivity contribution >= 4 is 11.9 Å². The molecule has 1 amide bonds. The summed E-state index contributed by atoms with van der Waals surface area (Å²) in [6.45, 7) is 0. The molecule has 0 saturated heterocycles. The van der Waals surface area contributed by atoms with Crippen LogP contribution < -0.4 is 5.32 Å². The number of hydrogen-bond donors (Lipinski definition) is 1. The molecule has 2 atom stereocenters. The van der Waals surface area contributed by atoms with Crippen molar-refractivity contribution in [1.29, 1.82) is 0 Å². The molecular weight excluding hydrogens is 263 g/mol. The molecule has 1 saturated carbocycles. The minimum Gasteiger partial charge on any atom is -0.469 e. The van der Waals surface area contributed by atoms with Gasteiger partial charge in [-0.1, -0.05) is 12.8 Å². The fourth-order valence-electron chi connectivity index (χ4n) is 2.27. The molecule has 110 valence electrons. The zero-order valence-electron chi connectivity index (χ0n) is 10.8. The van der Waals surface area contributed by atoms with Gasteiger partial charge < -0.3 is 10.1 Å². The second-order valence-electron chi connectivity index (χ2n) is 4.70. The lowest BCUT2D eigenvalue weighted by Gasteiger charge is -2.30. The Kier molecular flexibility index (Phi) is 5.62. The molecular formula is C12H18F3NO3. The van der Waals surface area contributed by atoms with Crippen LogP contribution in [0.5, 0.6) is 0 Å². The van der Waals surface area contributed by atoms with E-state index in [0.29, 0.717) is 12.8 Å². The number of alkyl halides is 3. The molecule has 1 N–H and O–H groups in total. The van der Waals surface area contributed by atoms with E-state index in [2.05, 4.69) is 10.1 Å². The number of carbonyl (C=O) groups is 2. The largest absolute Gasteiger partial charge is 0.469 e. The van der Waals surface area contributed by atoms with Gasteiger partial charge in [0.05, 0.1) is 19.4 Å². The number of esters is 1. The molecule has 0 bridgehead atoms. The summed E-state index contributed by atoms with van der Waals surface area (Å²) >= 11 is 0. The Balaban J connectivity index is 2.48. The van der Waals surface area contributed by atoms with E-state index in [9.17, 15) is 22.8 Å². The van der Waals surface area contributed by atoms with Crippen molar-refractivity contribution in [3.05, 3.63) is 0 Å². The van der Waals surface area contributed by atoms with Crippen molar-refractivity contribution in [3.8, 4) is 0 Å². The van der Waals surface area contributed by atoms with Crippen LogP contribution in [-0.2, 0) is 14.3 Å². The summed E-state index contributed by atoms with van der Waals surface area (Å²) in [4.78, 5) is 23.0. The Morgan fingerprint density at radius 2 is 1.89 bits per heavy atom. The Bertz CT molecular complexity index is 331. The number of rotatable bonds is 4. The highest BCUT2D eigenvalue weighted by atomic mass is 19.4. The lowest BCUT2D eigenvalue weighted by molar-refractivity contribution is -0.149. The summed E-state index contributed by atoms with van der Waals surface area (Å²) in [5.74, 6) is -1.53. The zero-order chi connectivity index (χ0) is 14.5. The maximum absolute atomic E-state index is 12.0. The number of nitrogens with one attached hydrogen (secondary N) is 1. The van der Waals surface area contributed by atoms with Crippen LogP contribution in [0, 0.1) is 5.92 Å². The standard InChI is InChI=1S/C12H18F3NO3/c1-19-11(18)8-4-2-3-5-9(8)16-10(17)6-7-12(13,14)15/h8-9H,2-7H2,1H3,(H,16,17)/t8-,9+/m0/s1. The molecule has 7 heteroatoms. The topological polar surface area (TPSA) is 55.4 Å². The average Bonchev–Trinajstić information content (AvgIpc) is 2.35. The van der Waals surface area contributed by atoms with E-state index in [-0.39, 0.29) is 0 Å². The highest BCUT2D eigenvalue weighted by molar-refractivity contribution is 5.78. The molecule has 0 aliphatic heterocycles. The third-order valence-corrected chi connectivity index (χ3v) is 3.25. The Labute approximate surface area is 109 Å². The highest BCUT2D eigenvalue weighted by Gasteiger charge is 2.34. The smallest absolute Gasteiger partial charge is 0.389 e. The average molecular weight is 281 g/mol. The maximum Gasteiger partial charge on any atom is 0.389 e. The molecule has 19 heavy (non-hydrogen) atoms. The monoisotopic (exact) mass is 281 g/mol. The SMILES string of the molecule is COC(=O)[C@H]1CCCC[C@H]1NC(=O)CCC(F)(F)F. The van der Waals surface area contributed by atoms with Gasteiger partial charge >= 0.3 is 12.1 Å². The maximum atomic E-state index is 12.0. The van der Waals surface area contributed by atoms with Crippen molar-refractivity contribution in [1.82, 2.24) is 5.32 Å². The first-order chi connectivity index (χ1) is 8.83. The van der Waals surface area contributed by atoms with Crippen molar-refractivity contribution in [2.75, 3.05) is 7.11 Å². The minimum atomic E-state index is -4.34. The van der Waals surface area contributed by atoms with E-state index < -0.39 is 42.9 Å². The van der Waals surface area contributed by atoms with Gasteiger partial charge in [0.15, 0.2) is 0 Å². The molecule has 0 unspecified atom stereocenters. The van der Waals surface area contributed by atoms with Gasteiger partial charge in [0, 0.05) is 12.5 Å². The van der Waals surface area contributed by atoms with Gasteiger partial charge in [0.2, 0.25) is 5.91 Å². The van der Waals surface area contributed by atoms with E-state index in [1.807, 2.05) is 0 Å². The van der Waals surface area contributed by atoms with Gasteiger partial charge in [-0.2, -0.15) is 13.2 Å². The Morgan fingerprint density at radius 3 is 2.47 bits per heavy atom. The van der Waals surface area contributed by atoms with Crippen LogP contribution in [0.1, 0.15) is 38.5 Å². The zero-order valence-corrected chi connectivity index (χ0v) is 10.8. The van der Waals surface area contributed by atoms with Crippen LogP contribution in [0.3, 0.4) is 0 Å². The number of hydrogen-bond acceptors (Lipinski definition) is 3. The van der Waals surface area contributed by atoms with Crippen molar-refractivity contribution in [2.24, 2.45) is 5.92 Å². The van der Waals surface area contributed by atoms with Crippen molar-refractivity contribution in [2.45, 2.75) is 50.7 Å². The minimum absolute atomic E-state index is 0.415. The van der Waals surface area contributed by atoms with Crippen LogP contribution >= 0.6 is 0 Å². The molecule has 0 aromatic heterocycles. The number of ether oxygens (including phenoxy) is 1. The molecule has 1 fully saturated rings. The number of carbonyl (C=O) groups excluding carboxylic acids is 2. The van der Waals surface area contributed by atoms with E-state index in [0.717, 1.165) is 12.8 Å². The summed E-state index contributed by atoms with van der Waals surface area (Å²) in [5, 5.41) is 2.52. The quantitative estimate of drug-likeness (QED) is 0.804. The summed E-state index contributed by atoms with van der Waals surface area (Å²) in [6.07, 6.45) is -3.20. The summed E-state index contributed by atoms with van der Waals surface area (Å²) in [7, 11) is 1.26. The summed E-state index contributed by atoms with van der Waals surface area (Å²) < 4.78 is 40.6. The Morgan fingerprint density at radius 1 is 1.26 bits per heavy atom. The van der Waals surface area contributed by atoms with Crippen LogP contribution in [0.4, 0.5) is 13.2 Å². The fourth-order valence-corrected chi connectivity index (χ4v) is 2.27. The highest BCUT2D eigenvalue weighted by Crippen LogP contribution is 2.26. The van der Waals surface area contributed by atoms with Gasteiger partial charge in [-0.15, -0.1) is 0 Å². The van der Waals surface area contributed by atoms with Crippen molar-refractivity contribution < 1.29 is 27.5 Å². The number of amides is 1. The molecule has 1 rings (SSSR count). The molecule has 0 heterocycles. The van der Waals surface area contributed by atoms with Crippen LogP contribution in [0.25, 0.3) is 0 Å². The molecule has 4 nitrogen and oxygen atoms in total. The van der Waals surface area contributed by atoms with Crippen LogP contribution in [0.15, 0.2) is 0 Å². The first kappa shape index (κ1) is 15.8.